The van der Waals surface area contributed by atoms with E-state index in [4.69, 9.17) is 21.1 Å². The van der Waals surface area contributed by atoms with E-state index in [-0.39, 0.29) is 11.7 Å². The molecule has 0 radical (unpaired) electrons. The van der Waals surface area contributed by atoms with Crippen molar-refractivity contribution in [3.05, 3.63) is 35.9 Å². The lowest BCUT2D eigenvalue weighted by Crippen LogP contribution is -2.32. The number of epoxide rings is 1. The Hall–Kier alpha value is -0.570. The normalized spacial score (nSPS) is 36.2. The Morgan fingerprint density at radius 1 is 1.37 bits per heavy atom. The zero-order valence-corrected chi connectivity index (χ0v) is 12.1. The van der Waals surface area contributed by atoms with Crippen LogP contribution in [0.15, 0.2) is 30.3 Å². The van der Waals surface area contributed by atoms with Crippen LogP contribution in [-0.4, -0.2) is 23.7 Å². The first-order valence-corrected chi connectivity index (χ1v) is 7.67. The van der Waals surface area contributed by atoms with Crippen LogP contribution < -0.4 is 0 Å². The third-order valence-corrected chi connectivity index (χ3v) is 4.74. The van der Waals surface area contributed by atoms with E-state index in [9.17, 15) is 0 Å². The molecule has 0 N–H and O–H groups in total. The average molecular weight is 281 g/mol. The largest absolute Gasteiger partial charge is 0.370 e. The van der Waals surface area contributed by atoms with Gasteiger partial charge in [0.05, 0.1) is 18.8 Å². The van der Waals surface area contributed by atoms with Crippen LogP contribution in [0.4, 0.5) is 0 Å². The monoisotopic (exact) mass is 280 g/mol. The van der Waals surface area contributed by atoms with Crippen LogP contribution >= 0.6 is 11.6 Å². The van der Waals surface area contributed by atoms with Gasteiger partial charge in [0, 0.05) is 5.88 Å². The molecule has 3 heteroatoms. The van der Waals surface area contributed by atoms with E-state index < -0.39 is 0 Å². The van der Waals surface area contributed by atoms with Gasteiger partial charge in [-0.2, -0.15) is 0 Å². The first-order chi connectivity index (χ1) is 9.24. The predicted molar refractivity (Wildman–Crippen MR) is 76.4 cm³/mol. The van der Waals surface area contributed by atoms with Crippen LogP contribution in [0, 0.1) is 5.92 Å². The van der Waals surface area contributed by atoms with Crippen molar-refractivity contribution in [2.45, 2.75) is 50.6 Å². The summed E-state index contributed by atoms with van der Waals surface area (Å²) in [4.78, 5) is 0. The average Bonchev–Trinajstić information content (AvgIpc) is 3.00. The van der Waals surface area contributed by atoms with Crippen molar-refractivity contribution < 1.29 is 9.47 Å². The van der Waals surface area contributed by atoms with E-state index in [2.05, 4.69) is 31.2 Å². The summed E-state index contributed by atoms with van der Waals surface area (Å²) >= 11 is 5.81. The second-order valence-corrected chi connectivity index (χ2v) is 6.21. The van der Waals surface area contributed by atoms with Gasteiger partial charge in [-0.15, -0.1) is 11.6 Å². The van der Waals surface area contributed by atoms with Crippen molar-refractivity contribution in [2.75, 3.05) is 5.88 Å². The second-order valence-electron chi connectivity index (χ2n) is 5.83. The van der Waals surface area contributed by atoms with Crippen molar-refractivity contribution in [1.29, 1.82) is 0 Å². The highest BCUT2D eigenvalue weighted by atomic mass is 35.5. The summed E-state index contributed by atoms with van der Waals surface area (Å²) in [6.45, 7) is 2.86. The molecule has 0 bridgehead atoms. The molecule has 1 saturated carbocycles. The Morgan fingerprint density at radius 3 is 2.89 bits per heavy atom. The van der Waals surface area contributed by atoms with Gasteiger partial charge in [0.15, 0.2) is 0 Å². The smallest absolute Gasteiger partial charge is 0.118 e. The Bertz CT molecular complexity index is 422. The molecular formula is C16H21ClO2. The zero-order valence-electron chi connectivity index (χ0n) is 11.3. The molecule has 2 aliphatic rings. The van der Waals surface area contributed by atoms with Crippen LogP contribution in [0.2, 0.25) is 0 Å². The van der Waals surface area contributed by atoms with Gasteiger partial charge in [0.25, 0.3) is 0 Å². The van der Waals surface area contributed by atoms with Crippen LogP contribution in [0.3, 0.4) is 0 Å². The van der Waals surface area contributed by atoms with Gasteiger partial charge in [0.2, 0.25) is 0 Å². The fourth-order valence-electron chi connectivity index (χ4n) is 3.34. The topological polar surface area (TPSA) is 21.8 Å². The highest BCUT2D eigenvalue weighted by Gasteiger charge is 2.66. The fourth-order valence-corrected chi connectivity index (χ4v) is 3.50. The summed E-state index contributed by atoms with van der Waals surface area (Å²) in [5.41, 5.74) is 1.19. The molecule has 1 saturated heterocycles. The van der Waals surface area contributed by atoms with Crippen LogP contribution in [0.25, 0.3) is 0 Å². The van der Waals surface area contributed by atoms with Crippen molar-refractivity contribution in [3.63, 3.8) is 0 Å². The standard InChI is InChI=1S/C16H21ClO2/c1-16-14(19-16)10-13(8-5-9-17)15(16)18-11-12-6-3-2-4-7-12/h2-4,6-7,13-15H,5,8-11H2,1H3. The molecular weight excluding hydrogens is 260 g/mol. The summed E-state index contributed by atoms with van der Waals surface area (Å²) in [7, 11) is 0. The van der Waals surface area contributed by atoms with E-state index in [1.165, 1.54) is 5.56 Å². The van der Waals surface area contributed by atoms with Gasteiger partial charge < -0.3 is 9.47 Å². The van der Waals surface area contributed by atoms with Gasteiger partial charge in [-0.25, -0.2) is 0 Å². The predicted octanol–water partition coefficient (Wildman–Crippen LogP) is 3.77. The van der Waals surface area contributed by atoms with Gasteiger partial charge in [-0.1, -0.05) is 30.3 Å². The zero-order chi connectivity index (χ0) is 13.3. The summed E-state index contributed by atoms with van der Waals surface area (Å²) in [5.74, 6) is 1.34. The first kappa shape index (κ1) is 13.4. The minimum atomic E-state index is -0.0360. The highest BCUT2D eigenvalue weighted by Crippen LogP contribution is 2.54. The Balaban J connectivity index is 1.60. The van der Waals surface area contributed by atoms with E-state index in [1.54, 1.807) is 0 Å². The maximum absolute atomic E-state index is 6.19. The molecule has 0 spiro atoms. The third-order valence-electron chi connectivity index (χ3n) is 4.47. The quantitative estimate of drug-likeness (QED) is 0.584. The molecule has 4 atom stereocenters. The van der Waals surface area contributed by atoms with Crippen molar-refractivity contribution in [3.8, 4) is 0 Å². The molecule has 2 nitrogen and oxygen atoms in total. The molecule has 1 aliphatic heterocycles. The number of ether oxygens (including phenoxy) is 2. The van der Waals surface area contributed by atoms with Crippen LogP contribution in [-0.2, 0) is 16.1 Å². The molecule has 104 valence electrons. The number of rotatable bonds is 6. The summed E-state index contributed by atoms with van der Waals surface area (Å²) in [6.07, 6.45) is 3.99. The maximum Gasteiger partial charge on any atom is 0.118 e. The second kappa shape index (κ2) is 5.43. The van der Waals surface area contributed by atoms with Gasteiger partial charge in [0.1, 0.15) is 5.60 Å². The molecule has 0 amide bonds. The lowest BCUT2D eigenvalue weighted by Gasteiger charge is -2.25. The van der Waals surface area contributed by atoms with Gasteiger partial charge >= 0.3 is 0 Å². The summed E-state index contributed by atoms with van der Waals surface area (Å²) in [6, 6.07) is 10.4. The summed E-state index contributed by atoms with van der Waals surface area (Å²) in [5, 5.41) is 0. The lowest BCUT2D eigenvalue weighted by molar-refractivity contribution is -0.0457. The third kappa shape index (κ3) is 2.67. The molecule has 19 heavy (non-hydrogen) atoms. The number of halogens is 1. The molecule has 3 rings (SSSR count). The SMILES string of the molecule is CC12OC1CC(CCCCl)C2OCc1ccccc1. The van der Waals surface area contributed by atoms with E-state index in [0.29, 0.717) is 18.6 Å². The molecule has 1 heterocycles. The number of hydrogen-bond donors (Lipinski definition) is 0. The Kier molecular flexibility index (Phi) is 3.84. The maximum atomic E-state index is 6.19. The molecule has 1 aromatic rings. The minimum Gasteiger partial charge on any atom is -0.370 e. The number of benzene rings is 1. The molecule has 2 fully saturated rings. The number of hydrogen-bond acceptors (Lipinski definition) is 2. The molecule has 4 unspecified atom stereocenters. The van der Waals surface area contributed by atoms with Crippen LogP contribution in [0.5, 0.6) is 0 Å². The van der Waals surface area contributed by atoms with Crippen molar-refractivity contribution in [1.82, 2.24) is 0 Å². The van der Waals surface area contributed by atoms with Crippen molar-refractivity contribution in [2.24, 2.45) is 5.92 Å². The van der Waals surface area contributed by atoms with Gasteiger partial charge in [-0.3, -0.25) is 0 Å². The van der Waals surface area contributed by atoms with Crippen LogP contribution in [0.1, 0.15) is 31.7 Å². The number of alkyl halides is 1. The van der Waals surface area contributed by atoms with E-state index >= 15 is 0 Å². The highest BCUT2D eigenvalue weighted by molar-refractivity contribution is 6.17. The Labute approximate surface area is 120 Å². The lowest BCUT2D eigenvalue weighted by atomic mass is 9.95. The molecule has 1 aromatic carbocycles. The fraction of sp³-hybridized carbons (Fsp3) is 0.625. The molecule has 0 aromatic heterocycles. The van der Waals surface area contributed by atoms with E-state index in [0.717, 1.165) is 25.1 Å². The minimum absolute atomic E-state index is 0.0360. The first-order valence-electron chi connectivity index (χ1n) is 7.13. The Morgan fingerprint density at radius 2 is 2.16 bits per heavy atom. The number of fused-ring (bicyclic) bond motifs is 1. The summed E-state index contributed by atoms with van der Waals surface area (Å²) < 4.78 is 12.0. The van der Waals surface area contributed by atoms with Crippen molar-refractivity contribution >= 4 is 11.6 Å². The van der Waals surface area contributed by atoms with E-state index in [1.807, 2.05) is 6.07 Å². The van der Waals surface area contributed by atoms with Gasteiger partial charge in [-0.05, 0) is 37.7 Å². The molecule has 1 aliphatic carbocycles.